The van der Waals surface area contributed by atoms with E-state index in [0.717, 1.165) is 11.3 Å². The number of halogens is 1. The molecule has 2 atom stereocenters. The standard InChI is InChI=1S/C18H19ClN2O2/c1-12-11-23-17(14-5-3-6-15(19)9-14)10-21(12)18(22)16-7-4-8-20-13(16)2/h3-9,12,17H,10-11H2,1-2H3/t12-,17+/m0/s1. The third kappa shape index (κ3) is 3.38. The van der Waals surface area contributed by atoms with Gasteiger partial charge in [-0.25, -0.2) is 0 Å². The molecule has 0 N–H and O–H groups in total. The Labute approximate surface area is 141 Å². The number of pyridine rings is 1. The third-order valence-corrected chi connectivity index (χ3v) is 4.39. The highest BCUT2D eigenvalue weighted by molar-refractivity contribution is 6.30. The molecule has 4 nitrogen and oxygen atoms in total. The topological polar surface area (TPSA) is 42.4 Å². The minimum atomic E-state index is -0.161. The van der Waals surface area contributed by atoms with Crippen molar-refractivity contribution in [2.75, 3.05) is 13.2 Å². The van der Waals surface area contributed by atoms with Gasteiger partial charge in [0, 0.05) is 16.9 Å². The van der Waals surface area contributed by atoms with Gasteiger partial charge >= 0.3 is 0 Å². The zero-order chi connectivity index (χ0) is 16.4. The van der Waals surface area contributed by atoms with Crippen LogP contribution in [0.1, 0.15) is 34.6 Å². The highest BCUT2D eigenvalue weighted by Gasteiger charge is 2.31. The van der Waals surface area contributed by atoms with Crippen molar-refractivity contribution >= 4 is 17.5 Å². The summed E-state index contributed by atoms with van der Waals surface area (Å²) in [7, 11) is 0. The summed E-state index contributed by atoms with van der Waals surface area (Å²) in [4.78, 5) is 19.0. The van der Waals surface area contributed by atoms with Gasteiger partial charge in [-0.1, -0.05) is 23.7 Å². The van der Waals surface area contributed by atoms with Crippen molar-refractivity contribution < 1.29 is 9.53 Å². The van der Waals surface area contributed by atoms with Gasteiger partial charge in [-0.3, -0.25) is 9.78 Å². The molecule has 0 spiro atoms. The molecule has 0 radical (unpaired) electrons. The maximum Gasteiger partial charge on any atom is 0.256 e. The molecule has 120 valence electrons. The molecule has 1 fully saturated rings. The van der Waals surface area contributed by atoms with Crippen LogP contribution in [-0.4, -0.2) is 35.0 Å². The molecule has 23 heavy (non-hydrogen) atoms. The normalized spacial score (nSPS) is 21.3. The van der Waals surface area contributed by atoms with Gasteiger partial charge in [-0.05, 0) is 43.7 Å². The molecule has 2 heterocycles. The zero-order valence-electron chi connectivity index (χ0n) is 13.2. The van der Waals surface area contributed by atoms with Gasteiger partial charge in [0.2, 0.25) is 0 Å². The van der Waals surface area contributed by atoms with Gasteiger partial charge in [0.1, 0.15) is 6.10 Å². The molecule has 1 aromatic heterocycles. The monoisotopic (exact) mass is 330 g/mol. The number of aryl methyl sites for hydroxylation is 1. The summed E-state index contributed by atoms with van der Waals surface area (Å²) in [5.41, 5.74) is 2.38. The summed E-state index contributed by atoms with van der Waals surface area (Å²) in [6.07, 6.45) is 1.54. The highest BCUT2D eigenvalue weighted by atomic mass is 35.5. The van der Waals surface area contributed by atoms with E-state index in [1.807, 2.05) is 49.1 Å². The quantitative estimate of drug-likeness (QED) is 0.844. The molecule has 0 saturated carbocycles. The van der Waals surface area contributed by atoms with Crippen LogP contribution in [-0.2, 0) is 4.74 Å². The van der Waals surface area contributed by atoms with E-state index in [0.29, 0.717) is 23.7 Å². The SMILES string of the molecule is Cc1ncccc1C(=O)N1C[C@H](c2cccc(Cl)c2)OC[C@@H]1C. The fourth-order valence-corrected chi connectivity index (χ4v) is 3.01. The van der Waals surface area contributed by atoms with Crippen LogP contribution >= 0.6 is 11.6 Å². The molecule has 1 aliphatic rings. The Morgan fingerprint density at radius 2 is 2.17 bits per heavy atom. The largest absolute Gasteiger partial charge is 0.370 e. The Morgan fingerprint density at radius 1 is 1.35 bits per heavy atom. The molecule has 3 rings (SSSR count). The summed E-state index contributed by atoms with van der Waals surface area (Å²) >= 11 is 6.06. The van der Waals surface area contributed by atoms with Crippen molar-refractivity contribution in [1.82, 2.24) is 9.88 Å². The van der Waals surface area contributed by atoms with E-state index < -0.39 is 0 Å². The summed E-state index contributed by atoms with van der Waals surface area (Å²) in [5.74, 6) is -0.00146. The predicted octanol–water partition coefficient (Wildman–Crippen LogP) is 3.65. The average Bonchev–Trinajstić information content (AvgIpc) is 2.55. The van der Waals surface area contributed by atoms with Gasteiger partial charge in [0.15, 0.2) is 0 Å². The first-order valence-electron chi connectivity index (χ1n) is 7.66. The first-order chi connectivity index (χ1) is 11.1. The van der Waals surface area contributed by atoms with Crippen molar-refractivity contribution in [3.05, 3.63) is 64.4 Å². The molecule has 1 saturated heterocycles. The van der Waals surface area contributed by atoms with Crippen LogP contribution in [0.4, 0.5) is 0 Å². The number of nitrogens with zero attached hydrogens (tertiary/aromatic N) is 2. The Hall–Kier alpha value is -1.91. The van der Waals surface area contributed by atoms with Crippen molar-refractivity contribution in [1.29, 1.82) is 0 Å². The van der Waals surface area contributed by atoms with Crippen molar-refractivity contribution in [3.63, 3.8) is 0 Å². The molecular formula is C18H19ClN2O2. The van der Waals surface area contributed by atoms with Gasteiger partial charge in [-0.15, -0.1) is 0 Å². The second-order valence-electron chi connectivity index (χ2n) is 5.82. The lowest BCUT2D eigenvalue weighted by molar-refractivity contribution is -0.0487. The van der Waals surface area contributed by atoms with E-state index >= 15 is 0 Å². The Bertz CT molecular complexity index is 720. The maximum atomic E-state index is 12.9. The zero-order valence-corrected chi connectivity index (χ0v) is 14.0. The number of benzene rings is 1. The lowest BCUT2D eigenvalue weighted by Crippen LogP contribution is -2.48. The summed E-state index contributed by atoms with van der Waals surface area (Å²) in [5, 5.41) is 0.672. The van der Waals surface area contributed by atoms with Crippen LogP contribution < -0.4 is 0 Å². The van der Waals surface area contributed by atoms with Crippen LogP contribution in [0.25, 0.3) is 0 Å². The van der Waals surface area contributed by atoms with Gasteiger partial charge in [-0.2, -0.15) is 0 Å². The maximum absolute atomic E-state index is 12.9. The molecule has 2 aromatic rings. The number of hydrogen-bond acceptors (Lipinski definition) is 3. The molecule has 1 aromatic carbocycles. The van der Waals surface area contributed by atoms with Crippen LogP contribution in [0, 0.1) is 6.92 Å². The fraction of sp³-hybridized carbons (Fsp3) is 0.333. The number of amides is 1. The number of rotatable bonds is 2. The van der Waals surface area contributed by atoms with Crippen LogP contribution in [0.3, 0.4) is 0 Å². The second-order valence-corrected chi connectivity index (χ2v) is 6.26. The van der Waals surface area contributed by atoms with E-state index in [-0.39, 0.29) is 18.1 Å². The number of morpholine rings is 1. The van der Waals surface area contributed by atoms with Gasteiger partial charge in [0.05, 0.1) is 24.8 Å². The lowest BCUT2D eigenvalue weighted by atomic mass is 10.0. The van der Waals surface area contributed by atoms with Crippen LogP contribution in [0.2, 0.25) is 5.02 Å². The number of carbonyl (C=O) groups is 1. The molecule has 0 unspecified atom stereocenters. The van der Waals surface area contributed by atoms with Crippen molar-refractivity contribution in [2.45, 2.75) is 26.0 Å². The summed E-state index contributed by atoms with van der Waals surface area (Å²) < 4.78 is 5.91. The van der Waals surface area contributed by atoms with Crippen LogP contribution in [0.5, 0.6) is 0 Å². The fourth-order valence-electron chi connectivity index (χ4n) is 2.81. The molecule has 1 aliphatic heterocycles. The number of hydrogen-bond donors (Lipinski definition) is 0. The van der Waals surface area contributed by atoms with E-state index in [4.69, 9.17) is 16.3 Å². The summed E-state index contributed by atoms with van der Waals surface area (Å²) in [6, 6.07) is 11.2. The van der Waals surface area contributed by atoms with Crippen molar-refractivity contribution in [3.8, 4) is 0 Å². The lowest BCUT2D eigenvalue weighted by Gasteiger charge is -2.38. The first kappa shape index (κ1) is 16.0. The van der Waals surface area contributed by atoms with E-state index in [2.05, 4.69) is 4.98 Å². The highest BCUT2D eigenvalue weighted by Crippen LogP contribution is 2.27. The molecular weight excluding hydrogens is 312 g/mol. The summed E-state index contributed by atoms with van der Waals surface area (Å²) in [6.45, 7) is 4.86. The Morgan fingerprint density at radius 3 is 2.91 bits per heavy atom. The third-order valence-electron chi connectivity index (χ3n) is 4.15. The Kier molecular flexibility index (Phi) is 4.64. The van der Waals surface area contributed by atoms with Gasteiger partial charge < -0.3 is 9.64 Å². The second kappa shape index (κ2) is 6.69. The van der Waals surface area contributed by atoms with E-state index in [9.17, 15) is 4.79 Å². The molecule has 1 amide bonds. The minimum Gasteiger partial charge on any atom is -0.370 e. The van der Waals surface area contributed by atoms with E-state index in [1.54, 1.807) is 12.3 Å². The molecule has 5 heteroatoms. The smallest absolute Gasteiger partial charge is 0.256 e. The first-order valence-corrected chi connectivity index (χ1v) is 8.03. The van der Waals surface area contributed by atoms with Crippen LogP contribution in [0.15, 0.2) is 42.6 Å². The van der Waals surface area contributed by atoms with E-state index in [1.165, 1.54) is 0 Å². The van der Waals surface area contributed by atoms with Crippen molar-refractivity contribution in [2.24, 2.45) is 0 Å². The minimum absolute atomic E-state index is 0.00146. The number of ether oxygens (including phenoxy) is 1. The predicted molar refractivity (Wildman–Crippen MR) is 89.6 cm³/mol. The Balaban J connectivity index is 1.84. The number of aromatic nitrogens is 1. The average molecular weight is 331 g/mol. The number of carbonyl (C=O) groups excluding carboxylic acids is 1. The van der Waals surface area contributed by atoms with Gasteiger partial charge in [0.25, 0.3) is 5.91 Å². The molecule has 0 aliphatic carbocycles. The molecule has 0 bridgehead atoms.